The standard InChI is InChI=1S/C14H12BrNO4S2/c1-20-11-6-7-13(12(21)8-11)22(18,19)16-14(17)9-2-4-10(15)5-3-9/h2-8,21H,1H3,(H,16,17). The van der Waals surface area contributed by atoms with Gasteiger partial charge in [0.05, 0.1) is 7.11 Å². The molecule has 2 rings (SSSR count). The third-order valence-electron chi connectivity index (χ3n) is 2.79. The van der Waals surface area contributed by atoms with E-state index in [1.54, 1.807) is 12.1 Å². The largest absolute Gasteiger partial charge is 0.497 e. The van der Waals surface area contributed by atoms with E-state index in [9.17, 15) is 13.2 Å². The molecule has 8 heteroatoms. The molecular weight excluding hydrogens is 390 g/mol. The Morgan fingerprint density at radius 2 is 1.82 bits per heavy atom. The lowest BCUT2D eigenvalue weighted by molar-refractivity contribution is 0.0981. The summed E-state index contributed by atoms with van der Waals surface area (Å²) < 4.78 is 32.3. The van der Waals surface area contributed by atoms with Gasteiger partial charge in [-0.25, -0.2) is 13.1 Å². The van der Waals surface area contributed by atoms with Crippen molar-refractivity contribution in [3.63, 3.8) is 0 Å². The third kappa shape index (κ3) is 3.82. The molecule has 0 spiro atoms. The van der Waals surface area contributed by atoms with E-state index in [1.807, 2.05) is 4.72 Å². The van der Waals surface area contributed by atoms with Crippen LogP contribution < -0.4 is 9.46 Å². The van der Waals surface area contributed by atoms with Crippen molar-refractivity contribution >= 4 is 44.5 Å². The molecule has 0 aliphatic heterocycles. The number of methoxy groups -OCH3 is 1. The summed E-state index contributed by atoms with van der Waals surface area (Å²) in [4.78, 5) is 12.1. The zero-order valence-electron chi connectivity index (χ0n) is 11.4. The maximum Gasteiger partial charge on any atom is 0.265 e. The second-order valence-electron chi connectivity index (χ2n) is 4.28. The van der Waals surface area contributed by atoms with Crippen LogP contribution in [-0.4, -0.2) is 21.4 Å². The predicted octanol–water partition coefficient (Wildman–Crippen LogP) is 2.87. The van der Waals surface area contributed by atoms with E-state index in [-0.39, 0.29) is 15.4 Å². The van der Waals surface area contributed by atoms with Crippen LogP contribution in [0.2, 0.25) is 0 Å². The van der Waals surface area contributed by atoms with Gasteiger partial charge in [0.15, 0.2) is 0 Å². The van der Waals surface area contributed by atoms with Crippen LogP contribution in [0.25, 0.3) is 0 Å². The summed E-state index contributed by atoms with van der Waals surface area (Å²) in [6.45, 7) is 0. The number of sulfonamides is 1. The smallest absolute Gasteiger partial charge is 0.265 e. The van der Waals surface area contributed by atoms with Gasteiger partial charge in [-0.15, -0.1) is 12.6 Å². The summed E-state index contributed by atoms with van der Waals surface area (Å²) in [6, 6.07) is 10.6. The van der Waals surface area contributed by atoms with Crippen LogP contribution in [0.3, 0.4) is 0 Å². The minimum absolute atomic E-state index is 0.0953. The van der Waals surface area contributed by atoms with Crippen molar-refractivity contribution in [1.82, 2.24) is 4.72 Å². The summed E-state index contributed by atoms with van der Waals surface area (Å²) in [5, 5.41) is 0. The number of hydrogen-bond acceptors (Lipinski definition) is 5. The summed E-state index contributed by atoms with van der Waals surface area (Å²) in [6.07, 6.45) is 0. The van der Waals surface area contributed by atoms with Crippen molar-refractivity contribution in [3.8, 4) is 5.75 Å². The van der Waals surface area contributed by atoms with Crippen molar-refractivity contribution in [3.05, 3.63) is 52.5 Å². The van der Waals surface area contributed by atoms with E-state index in [4.69, 9.17) is 4.74 Å². The van der Waals surface area contributed by atoms with Gasteiger partial charge in [-0.1, -0.05) is 15.9 Å². The topological polar surface area (TPSA) is 72.5 Å². The van der Waals surface area contributed by atoms with Crippen molar-refractivity contribution in [1.29, 1.82) is 0 Å². The molecule has 0 aliphatic rings. The fourth-order valence-corrected chi connectivity index (χ4v) is 3.57. The highest BCUT2D eigenvalue weighted by Crippen LogP contribution is 2.24. The maximum atomic E-state index is 12.3. The van der Waals surface area contributed by atoms with Crippen LogP contribution in [0.5, 0.6) is 5.75 Å². The molecule has 1 amide bonds. The Morgan fingerprint density at radius 3 is 2.36 bits per heavy atom. The highest BCUT2D eigenvalue weighted by molar-refractivity contribution is 9.10. The van der Waals surface area contributed by atoms with E-state index in [1.165, 1.54) is 37.4 Å². The van der Waals surface area contributed by atoms with Crippen LogP contribution in [0, 0.1) is 0 Å². The molecule has 0 fully saturated rings. The van der Waals surface area contributed by atoms with Gasteiger partial charge in [-0.2, -0.15) is 0 Å². The lowest BCUT2D eigenvalue weighted by Gasteiger charge is -2.10. The van der Waals surface area contributed by atoms with E-state index >= 15 is 0 Å². The van der Waals surface area contributed by atoms with E-state index in [2.05, 4.69) is 28.6 Å². The number of carbonyl (C=O) groups is 1. The minimum Gasteiger partial charge on any atom is -0.497 e. The highest BCUT2D eigenvalue weighted by Gasteiger charge is 2.21. The second-order valence-corrected chi connectivity index (χ2v) is 7.32. The average molecular weight is 402 g/mol. The van der Waals surface area contributed by atoms with Gasteiger partial charge < -0.3 is 4.74 Å². The quantitative estimate of drug-likeness (QED) is 0.772. The fraction of sp³-hybridized carbons (Fsp3) is 0.0714. The first kappa shape index (κ1) is 16.9. The fourth-order valence-electron chi connectivity index (χ4n) is 1.69. The summed E-state index contributed by atoms with van der Waals surface area (Å²) >= 11 is 7.37. The molecule has 1 N–H and O–H groups in total. The monoisotopic (exact) mass is 401 g/mol. The Bertz CT molecular complexity index is 804. The molecule has 0 saturated heterocycles. The molecule has 0 radical (unpaired) electrons. The number of nitrogens with one attached hydrogen (secondary N) is 1. The molecule has 0 heterocycles. The summed E-state index contributed by atoms with van der Waals surface area (Å²) in [7, 11) is -2.55. The lowest BCUT2D eigenvalue weighted by atomic mass is 10.2. The van der Waals surface area contributed by atoms with Crippen LogP contribution in [0.15, 0.2) is 56.7 Å². The number of ether oxygens (including phenoxy) is 1. The molecule has 0 saturated carbocycles. The molecule has 0 aromatic heterocycles. The van der Waals surface area contributed by atoms with Crippen LogP contribution in [0.1, 0.15) is 10.4 Å². The summed E-state index contributed by atoms with van der Waals surface area (Å²) in [5.41, 5.74) is 0.237. The van der Waals surface area contributed by atoms with Crippen LogP contribution >= 0.6 is 28.6 Å². The van der Waals surface area contributed by atoms with Gasteiger partial charge in [-0.05, 0) is 42.5 Å². The lowest BCUT2D eigenvalue weighted by Crippen LogP contribution is -2.30. The van der Waals surface area contributed by atoms with Gasteiger partial charge in [0.1, 0.15) is 10.6 Å². The van der Waals surface area contributed by atoms with E-state index < -0.39 is 15.9 Å². The van der Waals surface area contributed by atoms with Gasteiger partial charge >= 0.3 is 0 Å². The number of benzene rings is 2. The first-order valence-corrected chi connectivity index (χ1v) is 8.75. The zero-order valence-corrected chi connectivity index (χ0v) is 14.7. The molecular formula is C14H12BrNO4S2. The molecule has 0 aliphatic carbocycles. The van der Waals surface area contributed by atoms with Gasteiger partial charge in [-0.3, -0.25) is 4.79 Å². The van der Waals surface area contributed by atoms with Crippen molar-refractivity contribution < 1.29 is 17.9 Å². The van der Waals surface area contributed by atoms with Crippen LogP contribution in [0.4, 0.5) is 0 Å². The molecule has 0 unspecified atom stereocenters. The van der Waals surface area contributed by atoms with Crippen molar-refractivity contribution in [2.24, 2.45) is 0 Å². The molecule has 2 aromatic rings. The molecule has 22 heavy (non-hydrogen) atoms. The molecule has 0 atom stereocenters. The Kier molecular flexibility index (Phi) is 5.15. The first-order valence-electron chi connectivity index (χ1n) is 6.03. The Hall–Kier alpha value is -1.51. The van der Waals surface area contributed by atoms with Crippen molar-refractivity contribution in [2.75, 3.05) is 7.11 Å². The number of rotatable bonds is 4. The second kappa shape index (κ2) is 6.72. The van der Waals surface area contributed by atoms with Gasteiger partial charge in [0, 0.05) is 14.9 Å². The summed E-state index contributed by atoms with van der Waals surface area (Å²) in [5.74, 6) is -0.237. The highest BCUT2D eigenvalue weighted by atomic mass is 79.9. The third-order valence-corrected chi connectivity index (χ3v) is 5.23. The normalized spacial score (nSPS) is 11.0. The Balaban J connectivity index is 2.27. The zero-order chi connectivity index (χ0) is 16.3. The Morgan fingerprint density at radius 1 is 1.18 bits per heavy atom. The molecule has 0 bridgehead atoms. The molecule has 5 nitrogen and oxygen atoms in total. The first-order chi connectivity index (χ1) is 10.3. The minimum atomic E-state index is -4.02. The average Bonchev–Trinajstić information content (AvgIpc) is 2.46. The number of hydrogen-bond donors (Lipinski definition) is 2. The Labute approximate surface area is 142 Å². The predicted molar refractivity (Wildman–Crippen MR) is 89.0 cm³/mol. The molecule has 2 aromatic carbocycles. The van der Waals surface area contributed by atoms with E-state index in [0.29, 0.717) is 5.75 Å². The van der Waals surface area contributed by atoms with Gasteiger partial charge in [0.2, 0.25) is 0 Å². The van der Waals surface area contributed by atoms with Gasteiger partial charge in [0.25, 0.3) is 15.9 Å². The molecule has 116 valence electrons. The van der Waals surface area contributed by atoms with Crippen molar-refractivity contribution in [2.45, 2.75) is 9.79 Å². The number of amides is 1. The number of thiol groups is 1. The SMILES string of the molecule is COc1ccc(S(=O)(=O)NC(=O)c2ccc(Br)cc2)c(S)c1. The number of carbonyl (C=O) groups excluding carboxylic acids is 1. The number of halogens is 1. The van der Waals surface area contributed by atoms with Crippen LogP contribution in [-0.2, 0) is 10.0 Å². The maximum absolute atomic E-state index is 12.3. The van der Waals surface area contributed by atoms with E-state index in [0.717, 1.165) is 4.47 Å².